The third-order valence-corrected chi connectivity index (χ3v) is 18.6. The average molecular weight is 1810 g/mol. The minimum atomic E-state index is -0.396. The van der Waals surface area contributed by atoms with E-state index in [4.69, 9.17) is 23.7 Å². The number of aliphatic hydroxyl groups excluding tert-OH is 1. The second kappa shape index (κ2) is 42.0. The fourth-order valence-electron chi connectivity index (χ4n) is 13.0. The Balaban J connectivity index is 0.000000204. The predicted molar refractivity (Wildman–Crippen MR) is 434 cm³/mol. The number of ether oxygens (including phenoxy) is 5. The number of nitrogens with zero attached hydrogens (tertiary/aromatic N) is 18. The zero-order chi connectivity index (χ0) is 74.9. The van der Waals surface area contributed by atoms with E-state index in [1.807, 2.05) is 113 Å². The molecule has 0 amide bonds. The second-order valence-electron chi connectivity index (χ2n) is 26.6. The van der Waals surface area contributed by atoms with Crippen LogP contribution in [0.5, 0.6) is 17.2 Å². The van der Waals surface area contributed by atoms with Crippen molar-refractivity contribution in [3.8, 4) is 68.5 Å². The Morgan fingerprint density at radius 1 is 0.482 bits per heavy atom. The van der Waals surface area contributed by atoms with Gasteiger partial charge >= 0.3 is 79.0 Å². The number of aromatic nitrogens is 18. The summed E-state index contributed by atoms with van der Waals surface area (Å²) < 4.78 is 39.7. The first-order valence-corrected chi connectivity index (χ1v) is 44.4. The fraction of sp³-hybridized carbons (Fsp3) is 0.333. The molecule has 1 spiro atoms. The maximum atomic E-state index is 12.5. The van der Waals surface area contributed by atoms with Gasteiger partial charge in [0.15, 0.2) is 40.5 Å². The van der Waals surface area contributed by atoms with E-state index < -0.39 is 5.79 Å². The number of aliphatic hydroxyl groups is 1. The van der Waals surface area contributed by atoms with Crippen LogP contribution in [0.2, 0.25) is 0 Å². The zero-order valence-corrected chi connectivity index (χ0v) is 70.0. The molecule has 4 fully saturated rings. The van der Waals surface area contributed by atoms with Gasteiger partial charge in [-0.25, -0.2) is 43.9 Å². The summed E-state index contributed by atoms with van der Waals surface area (Å²) in [4.78, 5) is 75.7. The molecular formula is C78H84BClI2N18NaO10V. The molecule has 0 bridgehead atoms. The first kappa shape index (κ1) is 87.5. The smallest absolute Gasteiger partial charge is 1.00 e. The van der Waals surface area contributed by atoms with Gasteiger partial charge in [0.1, 0.15) is 39.9 Å². The summed E-state index contributed by atoms with van der Waals surface area (Å²) >= 11 is 4.74. The van der Waals surface area contributed by atoms with Crippen molar-refractivity contribution in [2.45, 2.75) is 134 Å². The molecular weight excluding hydrogens is 1720 g/mol. The number of halogens is 3. The first-order chi connectivity index (χ1) is 52.5. The topological polar surface area (TPSA) is 319 Å². The molecule has 3 radical (unpaired) electrons. The van der Waals surface area contributed by atoms with E-state index in [-0.39, 0.29) is 99.9 Å². The summed E-state index contributed by atoms with van der Waals surface area (Å²) in [5.41, 5.74) is 8.76. The molecule has 28 nitrogen and oxygen atoms in total. The summed E-state index contributed by atoms with van der Waals surface area (Å²) in [7, 11) is 6.13. The number of carbonyl (C=O) groups is 1. The number of rotatable bonds is 18. The molecule has 9 aromatic heterocycles. The van der Waals surface area contributed by atoms with Crippen LogP contribution < -0.4 is 60.1 Å². The van der Waals surface area contributed by atoms with Gasteiger partial charge in [-0.15, -0.1) is 12.4 Å². The van der Waals surface area contributed by atoms with Gasteiger partial charge in [-0.3, -0.25) is 33.2 Å². The molecule has 0 atom stereocenters. The summed E-state index contributed by atoms with van der Waals surface area (Å²) in [5.74, 6) is 3.54. The maximum absolute atomic E-state index is 12.5. The molecule has 34 heteroatoms. The van der Waals surface area contributed by atoms with E-state index in [0.29, 0.717) is 112 Å². The van der Waals surface area contributed by atoms with Crippen LogP contribution in [-0.4, -0.2) is 151 Å². The van der Waals surface area contributed by atoms with Crippen molar-refractivity contribution in [3.63, 3.8) is 0 Å². The molecule has 1 saturated heterocycles. The summed E-state index contributed by atoms with van der Waals surface area (Å²) in [6.07, 6.45) is 36.1. The number of hydrogen-bond donors (Lipinski definition) is 1. The Bertz CT molecular complexity index is 5210. The van der Waals surface area contributed by atoms with E-state index >= 15 is 0 Å². The van der Waals surface area contributed by atoms with Gasteiger partial charge in [0, 0.05) is 128 Å². The van der Waals surface area contributed by atoms with Crippen LogP contribution in [-0.2, 0) is 64.1 Å². The molecule has 112 heavy (non-hydrogen) atoms. The van der Waals surface area contributed by atoms with Gasteiger partial charge in [-0.05, 0) is 86.3 Å². The largest absolute Gasteiger partial charge is 1.00 e. The Labute approximate surface area is 707 Å². The van der Waals surface area contributed by atoms with Crippen LogP contribution in [0.3, 0.4) is 0 Å². The van der Waals surface area contributed by atoms with Crippen molar-refractivity contribution in [2.75, 3.05) is 13.2 Å². The van der Waals surface area contributed by atoms with Crippen molar-refractivity contribution in [2.24, 2.45) is 21.1 Å². The van der Waals surface area contributed by atoms with Gasteiger partial charge in [-0.2, -0.15) is 30.6 Å². The summed E-state index contributed by atoms with van der Waals surface area (Å²) in [5, 5.41) is 35.7. The normalized spacial score (nSPS) is 15.7. The molecule has 576 valence electrons. The van der Waals surface area contributed by atoms with Crippen LogP contribution in [0.25, 0.3) is 51.2 Å². The summed E-state index contributed by atoms with van der Waals surface area (Å²) in [6.45, 7) is 1.35. The fourth-order valence-corrected chi connectivity index (χ4v) is 13.0. The van der Waals surface area contributed by atoms with Gasteiger partial charge < -0.3 is 30.2 Å². The van der Waals surface area contributed by atoms with E-state index in [2.05, 4.69) is 100 Å². The molecule has 0 unspecified atom stereocenters. The van der Waals surface area contributed by atoms with Gasteiger partial charge in [0.05, 0.1) is 112 Å². The molecule has 1 N–H and O–H groups in total. The van der Waals surface area contributed by atoms with E-state index in [0.717, 1.165) is 115 Å². The Kier molecular flexibility index (Phi) is 32.8. The standard InChI is InChI=1S/C27H28N6O4.C25H26N6O3.C25H24N6O3.CH4.B.ClH.2HI.Na.V.H/c1-32-18-21(15-30-32)33-10-7-25(34)24(31-33)14-19-3-2-4-20(13-19)26-28-16-23(17-29-26)37-22-5-8-27(9-6-22)35-11-12-36-27;2*1-30-16-19(13-28-30)31-10-9-24(33)23(29-31)12-17-3-2-4-18(11-17)25-26-14-22(15-27-25)34-21-7-5-20(32)6-8-21;;;;;;;;/h2-4,7,10,13,15-18,22H,5-6,8-9,11-12,14H2,1H3;2-4,9-11,13-16,20-21,32H,5-8,12H2,1H3;2-4,9-11,13-16,21H,5-8,12H2,1H3;1H4;;3*1H;;;/q;;;;;;;;+1;+2;-1/p-2. The number of aryl methyl sites for hydroxylation is 3. The molecule has 3 aliphatic carbocycles. The molecule has 16 rings (SSSR count). The van der Waals surface area contributed by atoms with E-state index in [1.165, 1.54) is 18.2 Å². The van der Waals surface area contributed by atoms with Crippen molar-refractivity contribution in [3.05, 3.63) is 248 Å². The second-order valence-corrected chi connectivity index (χ2v) is 38.4. The Hall–Kier alpha value is -8.48. The third-order valence-electron chi connectivity index (χ3n) is 18.6. The van der Waals surface area contributed by atoms with Gasteiger partial charge in [0.25, 0.3) is 0 Å². The van der Waals surface area contributed by atoms with Crippen molar-refractivity contribution < 1.29 is 74.0 Å². The van der Waals surface area contributed by atoms with Crippen molar-refractivity contribution >= 4 is 66.6 Å². The number of hydrogen-bond acceptors (Lipinski definition) is 22. The SMILES string of the molecule is C.Cl.Cn1cc(-n2ccc(=O)c(Cc3cccc(-c4ncc(OC5CCC(=O)CC5)cn4)c3)n2)cn1.Cn1cc(-n2ccc(=O)c(Cc3cccc(-c4ncc(OC5CCC(O)CC5)cn4)c3)n2)cn1.Cn1cc(-n2ccc(=O)c(Cc3cccc(-c4ncc(OC5CCC6(CC5)OCCO6)cn4)c3)n2)cn1.[B].[H-].[I][V][I].[Na+]. The van der Waals surface area contributed by atoms with Gasteiger partial charge in [0.2, 0.25) is 16.3 Å². The monoisotopic (exact) mass is 1810 g/mol. The quantitative estimate of drug-likeness (QED) is 0.0624. The minimum absolute atomic E-state index is 0. The van der Waals surface area contributed by atoms with Crippen LogP contribution >= 0.6 is 52.4 Å². The van der Waals surface area contributed by atoms with Gasteiger partial charge in [-0.1, -0.05) is 62.0 Å². The molecule has 10 heterocycles. The van der Waals surface area contributed by atoms with Crippen LogP contribution in [0.1, 0.15) is 120 Å². The Morgan fingerprint density at radius 2 is 0.795 bits per heavy atom. The van der Waals surface area contributed by atoms with E-state index in [1.54, 1.807) is 102 Å². The van der Waals surface area contributed by atoms with Crippen LogP contribution in [0.15, 0.2) is 198 Å². The zero-order valence-electron chi connectivity index (χ0n) is 62.5. The summed E-state index contributed by atoms with van der Waals surface area (Å²) in [6, 6.07) is 28.0. The minimum Gasteiger partial charge on any atom is 1.00 e. The molecule has 12 aromatic rings. The average Bonchev–Trinajstić information content (AvgIpc) is 1.73. The first-order valence-electron chi connectivity index (χ1n) is 35.4. The molecule has 4 aliphatic rings. The molecule has 1 aliphatic heterocycles. The third kappa shape index (κ3) is 24.1. The van der Waals surface area contributed by atoms with Crippen molar-refractivity contribution in [1.29, 1.82) is 0 Å². The number of Topliss-reactive ketones (excluding diaryl/α,β-unsaturated/α-hetero) is 1. The van der Waals surface area contributed by atoms with E-state index in [9.17, 15) is 24.3 Å². The van der Waals surface area contributed by atoms with Crippen LogP contribution in [0, 0.1) is 0 Å². The number of benzene rings is 3. The number of ketones is 1. The van der Waals surface area contributed by atoms with Crippen LogP contribution in [0.4, 0.5) is 0 Å². The molecule has 3 saturated carbocycles. The molecule has 3 aromatic carbocycles. The van der Waals surface area contributed by atoms with Crippen molar-refractivity contribution in [1.82, 2.24) is 88.6 Å². The number of carbonyl (C=O) groups excluding carboxylic acids is 1. The predicted octanol–water partition coefficient (Wildman–Crippen LogP) is 8.24. The maximum Gasteiger partial charge on any atom is 1.00 e. The Morgan fingerprint density at radius 3 is 1.11 bits per heavy atom.